The van der Waals surface area contributed by atoms with Crippen LogP contribution in [0.2, 0.25) is 0 Å². The van der Waals surface area contributed by atoms with E-state index in [1.807, 2.05) is 13.8 Å². The Balaban J connectivity index is 1.96. The van der Waals surface area contributed by atoms with Crippen molar-refractivity contribution in [3.63, 3.8) is 0 Å². The summed E-state index contributed by atoms with van der Waals surface area (Å²) in [4.78, 5) is 12.0. The van der Waals surface area contributed by atoms with Crippen LogP contribution in [0.5, 0.6) is 0 Å². The van der Waals surface area contributed by atoms with Crippen LogP contribution >= 0.6 is 0 Å². The lowest BCUT2D eigenvalue weighted by Gasteiger charge is -2.30. The third-order valence-corrected chi connectivity index (χ3v) is 3.81. The van der Waals surface area contributed by atoms with Crippen molar-refractivity contribution in [3.05, 3.63) is 0 Å². The van der Waals surface area contributed by atoms with Gasteiger partial charge < -0.3 is 10.1 Å². The number of carbonyl (C=O) groups excluding carboxylic acids is 1. The van der Waals surface area contributed by atoms with Crippen molar-refractivity contribution in [1.82, 2.24) is 5.32 Å². The molecule has 3 nitrogen and oxygen atoms in total. The molecule has 2 aliphatic rings. The maximum atomic E-state index is 12.0. The Hall–Kier alpha value is -0.570. The first-order valence-electron chi connectivity index (χ1n) is 5.91. The first-order valence-corrected chi connectivity index (χ1v) is 5.91. The molecule has 1 N–H and O–H groups in total. The van der Waals surface area contributed by atoms with Crippen molar-refractivity contribution in [2.24, 2.45) is 5.41 Å². The topological polar surface area (TPSA) is 48.2 Å². The largest absolute Gasteiger partial charge is 0.459 e. The second-order valence-corrected chi connectivity index (χ2v) is 5.73. The highest BCUT2D eigenvalue weighted by Crippen LogP contribution is 2.36. The van der Waals surface area contributed by atoms with Crippen LogP contribution in [-0.4, -0.2) is 24.2 Å². The minimum Gasteiger partial charge on any atom is -0.459 e. The van der Waals surface area contributed by atoms with Crippen LogP contribution in [0.25, 0.3) is 0 Å². The van der Waals surface area contributed by atoms with Gasteiger partial charge in [0.25, 0.3) is 0 Å². The molecule has 1 saturated carbocycles. The molecule has 0 aromatic carbocycles. The van der Waals surface area contributed by atoms with Crippen LogP contribution in [0.15, 0.2) is 0 Å². The van der Waals surface area contributed by atoms with Gasteiger partial charge in [-0.1, -0.05) is 0 Å². The number of hydrogen-bond donors (Lipinski definition) is 1. The first-order chi connectivity index (χ1) is 6.94. The van der Waals surface area contributed by atoms with Gasteiger partial charge in [-0.15, -0.1) is 0 Å². The van der Waals surface area contributed by atoms with E-state index < -0.39 is 0 Å². The Morgan fingerprint density at radius 3 is 2.40 bits per heavy atom. The van der Waals surface area contributed by atoms with Gasteiger partial charge in [-0.05, 0) is 46.5 Å². The molecule has 0 aromatic rings. The number of ether oxygens (including phenoxy) is 1. The minimum atomic E-state index is -0.369. The highest BCUT2D eigenvalue weighted by Gasteiger charge is 2.47. The van der Waals surface area contributed by atoms with Gasteiger partial charge >= 0.3 is 5.97 Å². The zero-order chi connectivity index (χ0) is 11.1. The zero-order valence-corrected chi connectivity index (χ0v) is 9.93. The van der Waals surface area contributed by atoms with Gasteiger partial charge in [-0.25, -0.2) is 0 Å². The number of carbonyl (C=O) groups is 1. The Morgan fingerprint density at radius 2 is 1.93 bits per heavy atom. The molecule has 1 atom stereocenters. The molecule has 15 heavy (non-hydrogen) atoms. The fraction of sp³-hybridized carbons (Fsp3) is 0.917. The standard InChI is InChI=1S/C12H21NO2/c1-11(2,9-8-13-9)10(14)15-12(3)6-4-5-7-12/h9,13H,4-8H2,1-3H3. The lowest BCUT2D eigenvalue weighted by Crippen LogP contribution is -2.39. The van der Waals surface area contributed by atoms with Gasteiger partial charge in [0.05, 0.1) is 5.41 Å². The van der Waals surface area contributed by atoms with Crippen molar-refractivity contribution in [2.45, 2.75) is 58.1 Å². The van der Waals surface area contributed by atoms with E-state index in [9.17, 15) is 4.79 Å². The highest BCUT2D eigenvalue weighted by atomic mass is 16.6. The molecule has 0 aromatic heterocycles. The summed E-state index contributed by atoms with van der Waals surface area (Å²) in [5.41, 5.74) is -0.561. The van der Waals surface area contributed by atoms with Crippen LogP contribution < -0.4 is 5.32 Å². The van der Waals surface area contributed by atoms with Gasteiger partial charge in [0, 0.05) is 12.6 Å². The van der Waals surface area contributed by atoms with E-state index in [1.165, 1.54) is 12.8 Å². The van der Waals surface area contributed by atoms with Crippen molar-refractivity contribution in [2.75, 3.05) is 6.54 Å². The summed E-state index contributed by atoms with van der Waals surface area (Å²) >= 11 is 0. The average Bonchev–Trinajstić information content (AvgIpc) is 2.91. The molecule has 1 saturated heterocycles. The first kappa shape index (κ1) is 10.9. The molecule has 2 fully saturated rings. The Kier molecular flexibility index (Phi) is 2.53. The molecule has 0 spiro atoms. The molecular formula is C12H21NO2. The summed E-state index contributed by atoms with van der Waals surface area (Å²) < 4.78 is 5.69. The van der Waals surface area contributed by atoms with E-state index in [1.54, 1.807) is 0 Å². The lowest BCUT2D eigenvalue weighted by molar-refractivity contribution is -0.168. The third-order valence-electron chi connectivity index (χ3n) is 3.81. The number of esters is 1. The Labute approximate surface area is 91.6 Å². The average molecular weight is 211 g/mol. The van der Waals surface area contributed by atoms with Crippen LogP contribution in [-0.2, 0) is 9.53 Å². The highest BCUT2D eigenvalue weighted by molar-refractivity contribution is 5.78. The molecule has 0 radical (unpaired) electrons. The normalized spacial score (nSPS) is 28.9. The molecule has 86 valence electrons. The Bertz CT molecular complexity index is 263. The number of hydrogen-bond acceptors (Lipinski definition) is 3. The summed E-state index contributed by atoms with van der Waals surface area (Å²) in [5, 5.41) is 3.19. The summed E-state index contributed by atoms with van der Waals surface area (Å²) in [6.07, 6.45) is 4.41. The Morgan fingerprint density at radius 1 is 1.40 bits per heavy atom. The van der Waals surface area contributed by atoms with Crippen molar-refractivity contribution < 1.29 is 9.53 Å². The monoisotopic (exact) mass is 211 g/mol. The van der Waals surface area contributed by atoms with Gasteiger partial charge in [0.15, 0.2) is 0 Å². The molecule has 3 heteroatoms. The van der Waals surface area contributed by atoms with Crippen LogP contribution in [0.4, 0.5) is 0 Å². The predicted molar refractivity (Wildman–Crippen MR) is 58.5 cm³/mol. The molecule has 1 aliphatic carbocycles. The maximum absolute atomic E-state index is 12.0. The molecule has 1 unspecified atom stereocenters. The maximum Gasteiger partial charge on any atom is 0.313 e. The van der Waals surface area contributed by atoms with Crippen molar-refractivity contribution in [3.8, 4) is 0 Å². The van der Waals surface area contributed by atoms with Gasteiger partial charge in [-0.2, -0.15) is 0 Å². The van der Waals surface area contributed by atoms with E-state index in [4.69, 9.17) is 4.74 Å². The predicted octanol–water partition coefficient (Wildman–Crippen LogP) is 1.86. The van der Waals surface area contributed by atoms with E-state index in [0.717, 1.165) is 19.4 Å². The molecule has 1 heterocycles. The minimum absolute atomic E-state index is 0.0399. The summed E-state index contributed by atoms with van der Waals surface area (Å²) in [7, 11) is 0. The van der Waals surface area contributed by atoms with Crippen LogP contribution in [0, 0.1) is 5.41 Å². The van der Waals surface area contributed by atoms with Crippen LogP contribution in [0.1, 0.15) is 46.5 Å². The quantitative estimate of drug-likeness (QED) is 0.572. The van der Waals surface area contributed by atoms with E-state index >= 15 is 0 Å². The molecule has 2 rings (SSSR count). The van der Waals surface area contributed by atoms with E-state index in [0.29, 0.717) is 6.04 Å². The summed E-state index contributed by atoms with van der Waals surface area (Å²) in [5.74, 6) is -0.0399. The third kappa shape index (κ3) is 2.17. The summed E-state index contributed by atoms with van der Waals surface area (Å²) in [6.45, 7) is 6.95. The molecular weight excluding hydrogens is 190 g/mol. The lowest BCUT2D eigenvalue weighted by atomic mass is 9.89. The van der Waals surface area contributed by atoms with Gasteiger partial charge in [0.1, 0.15) is 5.60 Å². The van der Waals surface area contributed by atoms with Crippen LogP contribution in [0.3, 0.4) is 0 Å². The van der Waals surface area contributed by atoms with Gasteiger partial charge in [0.2, 0.25) is 0 Å². The molecule has 1 aliphatic heterocycles. The van der Waals surface area contributed by atoms with E-state index in [-0.39, 0.29) is 17.0 Å². The second kappa shape index (κ2) is 3.48. The number of rotatable bonds is 3. The number of nitrogens with one attached hydrogen (secondary N) is 1. The molecule has 0 bridgehead atoms. The van der Waals surface area contributed by atoms with E-state index in [2.05, 4.69) is 12.2 Å². The zero-order valence-electron chi connectivity index (χ0n) is 9.93. The molecule has 0 amide bonds. The van der Waals surface area contributed by atoms with Gasteiger partial charge in [-0.3, -0.25) is 4.79 Å². The van der Waals surface area contributed by atoms with Crippen molar-refractivity contribution >= 4 is 5.97 Å². The SMILES string of the molecule is CC1(OC(=O)C(C)(C)C2CN2)CCCC1. The summed E-state index contributed by atoms with van der Waals surface area (Å²) in [6, 6.07) is 0.315. The van der Waals surface area contributed by atoms with Crippen molar-refractivity contribution in [1.29, 1.82) is 0 Å². The fourth-order valence-electron chi connectivity index (χ4n) is 2.29. The second-order valence-electron chi connectivity index (χ2n) is 5.73. The smallest absolute Gasteiger partial charge is 0.313 e. The fourth-order valence-corrected chi connectivity index (χ4v) is 2.29.